The van der Waals surface area contributed by atoms with E-state index < -0.39 is 11.8 Å². The molecule has 0 aromatic carbocycles. The van der Waals surface area contributed by atoms with Gasteiger partial charge in [0, 0.05) is 19.6 Å². The molecule has 0 bridgehead atoms. The van der Waals surface area contributed by atoms with Crippen molar-refractivity contribution in [3.8, 4) is 0 Å². The number of hydrogen-bond donors (Lipinski definition) is 2. The van der Waals surface area contributed by atoms with E-state index in [4.69, 9.17) is 5.73 Å². The molecular formula is C17H24N6O2. The Hall–Kier alpha value is -2.64. The van der Waals surface area contributed by atoms with E-state index in [0.717, 1.165) is 19.3 Å². The van der Waals surface area contributed by atoms with E-state index in [0.29, 0.717) is 34.9 Å². The van der Waals surface area contributed by atoms with Crippen molar-refractivity contribution in [2.24, 2.45) is 13.0 Å². The van der Waals surface area contributed by atoms with Gasteiger partial charge in [-0.05, 0) is 25.2 Å². The highest BCUT2D eigenvalue weighted by Gasteiger charge is 2.32. The molecule has 3 rings (SSSR count). The highest BCUT2D eigenvalue weighted by molar-refractivity contribution is 6.40. The summed E-state index contributed by atoms with van der Waals surface area (Å²) in [6.07, 6.45) is 5.92. The molecule has 0 spiro atoms. The van der Waals surface area contributed by atoms with Gasteiger partial charge >= 0.3 is 11.8 Å². The van der Waals surface area contributed by atoms with Gasteiger partial charge in [-0.2, -0.15) is 5.10 Å². The molecule has 1 aliphatic rings. The molecule has 8 nitrogen and oxygen atoms in total. The number of nitrogen functional groups attached to an aromatic ring is 1. The Morgan fingerprint density at radius 1 is 1.36 bits per heavy atom. The van der Waals surface area contributed by atoms with Crippen LogP contribution >= 0.6 is 0 Å². The molecule has 3 heterocycles. The number of nitrogens with zero attached hydrogens (tertiary/aromatic N) is 4. The van der Waals surface area contributed by atoms with Crippen LogP contribution in [0.2, 0.25) is 0 Å². The topological polar surface area (TPSA) is 106 Å². The largest absolute Gasteiger partial charge is 0.383 e. The number of hydrogen-bond acceptors (Lipinski definition) is 5. The number of fused-ring (bicyclic) bond motifs is 1. The average Bonchev–Trinajstić information content (AvgIpc) is 2.99. The monoisotopic (exact) mass is 344 g/mol. The summed E-state index contributed by atoms with van der Waals surface area (Å²) >= 11 is 0. The average molecular weight is 344 g/mol. The van der Waals surface area contributed by atoms with Crippen molar-refractivity contribution in [1.29, 1.82) is 0 Å². The second-order valence-corrected chi connectivity index (χ2v) is 6.74. The van der Waals surface area contributed by atoms with E-state index in [2.05, 4.69) is 22.3 Å². The van der Waals surface area contributed by atoms with Crippen molar-refractivity contribution in [1.82, 2.24) is 19.7 Å². The van der Waals surface area contributed by atoms with Crippen LogP contribution in [-0.4, -0.2) is 44.1 Å². The number of aromatic nitrogens is 3. The molecule has 2 aromatic rings. The first-order valence-corrected chi connectivity index (χ1v) is 8.60. The Labute approximate surface area is 146 Å². The minimum absolute atomic E-state index is 0.121. The summed E-state index contributed by atoms with van der Waals surface area (Å²) in [6, 6.07) is 0.121. The molecule has 1 aliphatic heterocycles. The van der Waals surface area contributed by atoms with Crippen LogP contribution in [0.1, 0.15) is 33.1 Å². The highest BCUT2D eigenvalue weighted by atomic mass is 16.2. The van der Waals surface area contributed by atoms with Gasteiger partial charge in [0.2, 0.25) is 0 Å². The van der Waals surface area contributed by atoms with Crippen molar-refractivity contribution >= 4 is 34.2 Å². The number of nitrogens with one attached hydrogen (secondary N) is 1. The number of carbonyl (C=O) groups is 2. The maximum absolute atomic E-state index is 12.7. The first-order chi connectivity index (χ1) is 11.9. The Bertz CT molecular complexity index is 815. The zero-order chi connectivity index (χ0) is 18.1. The lowest BCUT2D eigenvalue weighted by Gasteiger charge is -2.37. The molecule has 2 amide bonds. The molecule has 0 unspecified atom stereocenters. The summed E-state index contributed by atoms with van der Waals surface area (Å²) in [5.74, 6) is -0.406. The fourth-order valence-electron chi connectivity index (χ4n) is 3.49. The summed E-state index contributed by atoms with van der Waals surface area (Å²) in [4.78, 5) is 31.0. The minimum Gasteiger partial charge on any atom is -0.383 e. The number of pyridine rings is 1. The fourth-order valence-corrected chi connectivity index (χ4v) is 3.49. The maximum atomic E-state index is 12.7. The standard InChI is InChI=1S/C17H24N6O2/c1-4-11-6-5-10(2)9-23(11)17(25)16(24)21-13-8-19-15(18)12-7-20-22(3)14(12)13/h7-8,10-11H,4-6,9H2,1-3H3,(H2,18,19)(H,21,24)/t10-,11-/m0/s1. The van der Waals surface area contributed by atoms with E-state index in [1.807, 2.05) is 6.92 Å². The van der Waals surface area contributed by atoms with Crippen LogP contribution in [0, 0.1) is 5.92 Å². The molecule has 1 saturated heterocycles. The lowest BCUT2D eigenvalue weighted by Crippen LogP contribution is -2.50. The van der Waals surface area contributed by atoms with Crippen molar-refractivity contribution in [3.05, 3.63) is 12.4 Å². The SMILES string of the molecule is CC[C@H]1CC[C@H](C)CN1C(=O)C(=O)Nc1cnc(N)c2cnn(C)c12. The lowest BCUT2D eigenvalue weighted by molar-refractivity contribution is -0.146. The van der Waals surface area contributed by atoms with Crippen LogP contribution in [0.5, 0.6) is 0 Å². The minimum atomic E-state index is -0.651. The second-order valence-electron chi connectivity index (χ2n) is 6.74. The van der Waals surface area contributed by atoms with Gasteiger partial charge < -0.3 is 16.0 Å². The number of aryl methyl sites for hydroxylation is 1. The molecule has 134 valence electrons. The van der Waals surface area contributed by atoms with Crippen LogP contribution < -0.4 is 11.1 Å². The van der Waals surface area contributed by atoms with Gasteiger partial charge in [-0.15, -0.1) is 0 Å². The Kier molecular flexibility index (Phi) is 4.61. The number of carbonyl (C=O) groups excluding carboxylic acids is 2. The zero-order valence-corrected chi connectivity index (χ0v) is 14.8. The van der Waals surface area contributed by atoms with E-state index in [-0.39, 0.29) is 6.04 Å². The number of rotatable bonds is 2. The Balaban J connectivity index is 1.83. The third-order valence-electron chi connectivity index (χ3n) is 4.92. The first-order valence-electron chi connectivity index (χ1n) is 8.60. The van der Waals surface area contributed by atoms with Gasteiger partial charge in [-0.1, -0.05) is 13.8 Å². The van der Waals surface area contributed by atoms with Gasteiger partial charge in [-0.3, -0.25) is 14.3 Å². The number of nitrogens with two attached hydrogens (primary N) is 1. The fraction of sp³-hybridized carbons (Fsp3) is 0.529. The van der Waals surface area contributed by atoms with Gasteiger partial charge in [-0.25, -0.2) is 4.98 Å². The summed E-state index contributed by atoms with van der Waals surface area (Å²) in [7, 11) is 1.75. The van der Waals surface area contributed by atoms with Crippen LogP contribution in [0.15, 0.2) is 12.4 Å². The molecule has 3 N–H and O–H groups in total. The summed E-state index contributed by atoms with van der Waals surface area (Å²) in [6.45, 7) is 4.76. The van der Waals surface area contributed by atoms with Crippen LogP contribution in [-0.2, 0) is 16.6 Å². The molecule has 2 atom stereocenters. The lowest BCUT2D eigenvalue weighted by atomic mass is 9.92. The third-order valence-corrected chi connectivity index (χ3v) is 4.92. The van der Waals surface area contributed by atoms with Crippen LogP contribution in [0.25, 0.3) is 10.9 Å². The molecule has 0 aliphatic carbocycles. The molecule has 0 radical (unpaired) electrons. The molecule has 8 heteroatoms. The van der Waals surface area contributed by atoms with Gasteiger partial charge in [0.25, 0.3) is 0 Å². The quantitative estimate of drug-likeness (QED) is 0.804. The van der Waals surface area contributed by atoms with Crippen molar-refractivity contribution < 1.29 is 9.59 Å². The van der Waals surface area contributed by atoms with Crippen LogP contribution in [0.3, 0.4) is 0 Å². The smallest absolute Gasteiger partial charge is 0.314 e. The Morgan fingerprint density at radius 2 is 2.12 bits per heavy atom. The van der Waals surface area contributed by atoms with E-state index in [1.54, 1.807) is 22.8 Å². The number of piperidine rings is 1. The second kappa shape index (κ2) is 6.70. The molecular weight excluding hydrogens is 320 g/mol. The third kappa shape index (κ3) is 3.16. The van der Waals surface area contributed by atoms with E-state index in [9.17, 15) is 9.59 Å². The molecule has 25 heavy (non-hydrogen) atoms. The zero-order valence-electron chi connectivity index (χ0n) is 14.8. The van der Waals surface area contributed by atoms with Gasteiger partial charge in [0.05, 0.1) is 29.0 Å². The number of amides is 2. The number of anilines is 2. The van der Waals surface area contributed by atoms with Crippen LogP contribution in [0.4, 0.5) is 11.5 Å². The van der Waals surface area contributed by atoms with Crippen molar-refractivity contribution in [3.63, 3.8) is 0 Å². The molecule has 0 saturated carbocycles. The maximum Gasteiger partial charge on any atom is 0.314 e. The summed E-state index contributed by atoms with van der Waals surface area (Å²) < 4.78 is 1.60. The van der Waals surface area contributed by atoms with Gasteiger partial charge in [0.1, 0.15) is 5.82 Å². The summed E-state index contributed by atoms with van der Waals surface area (Å²) in [5, 5.41) is 7.48. The number of likely N-dealkylation sites (tertiary alicyclic amines) is 1. The summed E-state index contributed by atoms with van der Waals surface area (Å²) in [5.41, 5.74) is 6.92. The normalized spacial score (nSPS) is 20.7. The van der Waals surface area contributed by atoms with E-state index in [1.165, 1.54) is 6.20 Å². The van der Waals surface area contributed by atoms with E-state index >= 15 is 0 Å². The van der Waals surface area contributed by atoms with Crippen molar-refractivity contribution in [2.75, 3.05) is 17.6 Å². The Morgan fingerprint density at radius 3 is 2.84 bits per heavy atom. The van der Waals surface area contributed by atoms with Crippen molar-refractivity contribution in [2.45, 2.75) is 39.2 Å². The molecule has 2 aromatic heterocycles. The molecule has 1 fully saturated rings. The first kappa shape index (κ1) is 17.2. The predicted molar refractivity (Wildman–Crippen MR) is 95.7 cm³/mol. The van der Waals surface area contributed by atoms with Gasteiger partial charge in [0.15, 0.2) is 0 Å². The predicted octanol–water partition coefficient (Wildman–Crippen LogP) is 1.53. The highest BCUT2D eigenvalue weighted by Crippen LogP contribution is 2.27.